The molecule has 6 heteroatoms. The van der Waals surface area contributed by atoms with Crippen molar-refractivity contribution in [2.45, 2.75) is 12.7 Å². The highest BCUT2D eigenvalue weighted by Gasteiger charge is 2.00. The lowest BCUT2D eigenvalue weighted by molar-refractivity contribution is 0.981. The quantitative estimate of drug-likeness (QED) is 0.548. The lowest BCUT2D eigenvalue weighted by Gasteiger charge is -2.06. The number of rotatable bonds is 5. The number of aromatic amines is 1. The first-order valence-electron chi connectivity index (χ1n) is 5.11. The van der Waals surface area contributed by atoms with Gasteiger partial charge in [0.1, 0.15) is 0 Å². The highest BCUT2D eigenvalue weighted by atomic mass is 32.2. The van der Waals surface area contributed by atoms with Crippen molar-refractivity contribution in [1.29, 1.82) is 0 Å². The van der Waals surface area contributed by atoms with Crippen LogP contribution in [0.5, 0.6) is 0 Å². The third-order valence-electron chi connectivity index (χ3n) is 2.16. The average Bonchev–Trinajstić information content (AvgIpc) is 2.63. The minimum Gasteiger partial charge on any atom is -0.348 e. The Morgan fingerprint density at radius 3 is 2.94 bits per heavy atom. The van der Waals surface area contributed by atoms with E-state index in [1.165, 1.54) is 0 Å². The van der Waals surface area contributed by atoms with Crippen molar-refractivity contribution in [1.82, 2.24) is 15.3 Å². The van der Waals surface area contributed by atoms with E-state index in [4.69, 9.17) is 5.73 Å². The van der Waals surface area contributed by atoms with Gasteiger partial charge in [0, 0.05) is 23.7 Å². The normalized spacial score (nSPS) is 11.1. The molecule has 0 aliphatic carbocycles. The SMILES string of the molecule is Cc1[nH]cnc1CSCCNC(N)=S(C)C. The van der Waals surface area contributed by atoms with Gasteiger partial charge in [0.05, 0.1) is 17.1 Å². The second-order valence-electron chi connectivity index (χ2n) is 3.63. The van der Waals surface area contributed by atoms with Crippen LogP contribution in [0.15, 0.2) is 6.33 Å². The van der Waals surface area contributed by atoms with Gasteiger partial charge >= 0.3 is 0 Å². The maximum Gasteiger partial charge on any atom is 0.0925 e. The number of nitrogens with zero attached hydrogens (tertiary/aromatic N) is 1. The molecule has 16 heavy (non-hydrogen) atoms. The van der Waals surface area contributed by atoms with Crippen LogP contribution in [-0.4, -0.2) is 39.9 Å². The number of hydrogen-bond donors (Lipinski definition) is 3. The molecule has 0 aliphatic rings. The van der Waals surface area contributed by atoms with Crippen molar-refractivity contribution in [3.05, 3.63) is 17.7 Å². The van der Waals surface area contributed by atoms with E-state index in [1.54, 1.807) is 6.33 Å². The van der Waals surface area contributed by atoms with E-state index in [0.717, 1.165) is 34.6 Å². The fourth-order valence-electron chi connectivity index (χ4n) is 1.09. The zero-order chi connectivity index (χ0) is 12.0. The number of aryl methyl sites for hydroxylation is 1. The van der Waals surface area contributed by atoms with E-state index in [0.29, 0.717) is 0 Å². The Hall–Kier alpha value is -0.300. The molecule has 1 aromatic heterocycles. The van der Waals surface area contributed by atoms with Gasteiger partial charge in [-0.05, 0) is 19.4 Å². The number of thioether (sulfide) groups is 1. The van der Waals surface area contributed by atoms with E-state index in [2.05, 4.69) is 27.8 Å². The minimum absolute atomic E-state index is 0.158. The molecule has 4 N–H and O–H groups in total. The van der Waals surface area contributed by atoms with Gasteiger partial charge in [0.15, 0.2) is 0 Å². The Bertz CT molecular complexity index is 355. The highest BCUT2D eigenvalue weighted by molar-refractivity contribution is 8.14. The van der Waals surface area contributed by atoms with Gasteiger partial charge in [0.2, 0.25) is 0 Å². The van der Waals surface area contributed by atoms with Crippen LogP contribution < -0.4 is 11.1 Å². The molecule has 4 nitrogen and oxygen atoms in total. The number of nitrogens with one attached hydrogen (secondary N) is 2. The van der Waals surface area contributed by atoms with Gasteiger partial charge in [-0.1, -0.05) is 0 Å². The van der Waals surface area contributed by atoms with Crippen LogP contribution in [0.2, 0.25) is 0 Å². The predicted octanol–water partition coefficient (Wildman–Crippen LogP) is 1.12. The predicted molar refractivity (Wildman–Crippen MR) is 76.1 cm³/mol. The van der Waals surface area contributed by atoms with Crippen LogP contribution >= 0.6 is 22.2 Å². The fraction of sp³-hybridized carbons (Fsp3) is 0.600. The molecule has 92 valence electrons. The lowest BCUT2D eigenvalue weighted by Crippen LogP contribution is -2.32. The lowest BCUT2D eigenvalue weighted by atomic mass is 10.4. The van der Waals surface area contributed by atoms with Crippen LogP contribution in [0.3, 0.4) is 0 Å². The maximum atomic E-state index is 5.81. The fourth-order valence-corrected chi connectivity index (χ4v) is 2.36. The monoisotopic (exact) mass is 260 g/mol. The van der Waals surface area contributed by atoms with Gasteiger partial charge in [-0.2, -0.15) is 22.2 Å². The molecule has 0 spiro atoms. The first-order chi connectivity index (χ1) is 7.61. The van der Waals surface area contributed by atoms with E-state index in [1.807, 2.05) is 18.7 Å². The summed E-state index contributed by atoms with van der Waals surface area (Å²) in [5, 5.41) is 4.13. The first-order valence-corrected chi connectivity index (χ1v) is 8.31. The molecule has 0 saturated carbocycles. The first kappa shape index (κ1) is 13.8. The summed E-state index contributed by atoms with van der Waals surface area (Å²) in [6.07, 6.45) is 5.97. The topological polar surface area (TPSA) is 66.7 Å². The summed E-state index contributed by atoms with van der Waals surface area (Å²) in [6, 6.07) is 0. The molecule has 0 fully saturated rings. The summed E-state index contributed by atoms with van der Waals surface area (Å²) in [5.74, 6) is 2.01. The summed E-state index contributed by atoms with van der Waals surface area (Å²) >= 11 is 1.87. The molecular formula is C10H20N4S2. The molecular weight excluding hydrogens is 240 g/mol. The molecule has 0 aromatic carbocycles. The van der Waals surface area contributed by atoms with Crippen molar-refractivity contribution in [2.24, 2.45) is 5.73 Å². The van der Waals surface area contributed by atoms with Crippen LogP contribution in [0.1, 0.15) is 11.4 Å². The van der Waals surface area contributed by atoms with Crippen molar-refractivity contribution < 1.29 is 0 Å². The van der Waals surface area contributed by atoms with Gasteiger partial charge in [0.25, 0.3) is 0 Å². The highest BCUT2D eigenvalue weighted by Crippen LogP contribution is 2.11. The van der Waals surface area contributed by atoms with Crippen molar-refractivity contribution >= 4 is 27.4 Å². The summed E-state index contributed by atoms with van der Waals surface area (Å²) in [5.41, 5.74) is 8.12. The number of H-pyrrole nitrogens is 1. The van der Waals surface area contributed by atoms with Gasteiger partial charge < -0.3 is 4.98 Å². The van der Waals surface area contributed by atoms with Crippen LogP contribution in [-0.2, 0) is 5.75 Å². The summed E-state index contributed by atoms with van der Waals surface area (Å²) in [4.78, 5) is 7.33. The van der Waals surface area contributed by atoms with Gasteiger partial charge in [-0.15, -0.1) is 0 Å². The Morgan fingerprint density at radius 2 is 2.38 bits per heavy atom. The average molecular weight is 260 g/mol. The van der Waals surface area contributed by atoms with Gasteiger partial charge in [-0.25, -0.2) is 4.98 Å². The standard InChI is InChI=1S/C10H20N4S2/c1-8-9(14-7-13-8)6-15-5-4-12-10(11)16(2)3/h7,12H,4-6,11H2,1-3H3,(H,13,14). The van der Waals surface area contributed by atoms with E-state index in [-0.39, 0.29) is 10.5 Å². The Labute approximate surface area is 104 Å². The number of hydrogen-bond acceptors (Lipinski definition) is 2. The van der Waals surface area contributed by atoms with Crippen LogP contribution in [0, 0.1) is 6.92 Å². The second kappa shape index (κ2) is 7.11. The maximum absolute atomic E-state index is 5.81. The zero-order valence-corrected chi connectivity index (χ0v) is 11.7. The summed E-state index contributed by atoms with van der Waals surface area (Å²) in [6.45, 7) is 2.97. The molecule has 0 atom stereocenters. The number of nitrogens with two attached hydrogens (primary N) is 1. The van der Waals surface area contributed by atoms with Gasteiger partial charge in [-0.3, -0.25) is 11.1 Å². The largest absolute Gasteiger partial charge is 0.348 e. The second-order valence-corrected chi connectivity index (χ2v) is 6.81. The summed E-state index contributed by atoms with van der Waals surface area (Å²) < 4.78 is 0. The van der Waals surface area contributed by atoms with E-state index >= 15 is 0 Å². The van der Waals surface area contributed by atoms with E-state index < -0.39 is 0 Å². The Kier molecular flexibility index (Phi) is 6.12. The summed E-state index contributed by atoms with van der Waals surface area (Å²) in [7, 11) is 0.158. The molecule has 0 unspecified atom stereocenters. The third kappa shape index (κ3) is 4.69. The van der Waals surface area contributed by atoms with Crippen molar-refractivity contribution in [3.63, 3.8) is 0 Å². The van der Waals surface area contributed by atoms with Crippen LogP contribution in [0.25, 0.3) is 0 Å². The molecule has 0 amide bonds. The zero-order valence-electron chi connectivity index (χ0n) is 10.0. The van der Waals surface area contributed by atoms with Crippen molar-refractivity contribution in [3.8, 4) is 0 Å². The van der Waals surface area contributed by atoms with Crippen LogP contribution in [0.4, 0.5) is 0 Å². The minimum atomic E-state index is 0.158. The molecule has 1 rings (SSSR count). The molecule has 0 aliphatic heterocycles. The van der Waals surface area contributed by atoms with Crippen molar-refractivity contribution in [2.75, 3.05) is 24.8 Å². The molecule has 0 saturated heterocycles. The number of imidazole rings is 1. The molecule has 0 bridgehead atoms. The smallest absolute Gasteiger partial charge is 0.0925 e. The third-order valence-corrected chi connectivity index (χ3v) is 4.15. The molecule has 1 aromatic rings. The molecule has 0 radical (unpaired) electrons. The molecule has 1 heterocycles. The number of aromatic nitrogens is 2. The Morgan fingerprint density at radius 1 is 1.62 bits per heavy atom. The Balaban J connectivity index is 2.14. The van der Waals surface area contributed by atoms with E-state index in [9.17, 15) is 0 Å².